The molecule has 0 aliphatic heterocycles. The second kappa shape index (κ2) is 8.86. The second-order valence-corrected chi connectivity index (χ2v) is 6.73. The molecule has 0 amide bonds. The predicted octanol–water partition coefficient (Wildman–Crippen LogP) is 3.46. The van der Waals surface area contributed by atoms with Crippen molar-refractivity contribution in [2.45, 2.75) is 13.8 Å². The van der Waals surface area contributed by atoms with Crippen molar-refractivity contribution in [3.05, 3.63) is 53.8 Å². The summed E-state index contributed by atoms with van der Waals surface area (Å²) in [5, 5.41) is 0. The van der Waals surface area contributed by atoms with Gasteiger partial charge in [0.1, 0.15) is 11.6 Å². The van der Waals surface area contributed by atoms with Gasteiger partial charge in [0.2, 0.25) is 9.92 Å². The first-order chi connectivity index (χ1) is 11.5. The summed E-state index contributed by atoms with van der Waals surface area (Å²) < 4.78 is 53.2. The molecule has 0 saturated heterocycles. The van der Waals surface area contributed by atoms with E-state index in [-0.39, 0.29) is 12.4 Å². The summed E-state index contributed by atoms with van der Waals surface area (Å²) in [6, 6.07) is 7.84. The van der Waals surface area contributed by atoms with Gasteiger partial charge in [0.25, 0.3) is 0 Å². The fourth-order valence-electron chi connectivity index (χ4n) is 2.16. The second-order valence-electron chi connectivity index (χ2n) is 5.17. The topological polar surface area (TPSA) is 21.7 Å². The summed E-state index contributed by atoms with van der Waals surface area (Å²) in [4.78, 5) is 0. The van der Waals surface area contributed by atoms with Gasteiger partial charge < -0.3 is 13.7 Å². The van der Waals surface area contributed by atoms with Gasteiger partial charge in [-0.2, -0.15) is 0 Å². The van der Waals surface area contributed by atoms with Gasteiger partial charge in [-0.15, -0.1) is 0 Å². The standard InChI is InChI=1S/C17H20F3NO2Si/c1-3-21(4-2)24-23-11-22-13-7-5-12(6-8-13)14-9-16(19)17(20)10-15(14)18/h5-10H,3-4,11,24H2,1-2H3. The molecule has 0 saturated carbocycles. The summed E-state index contributed by atoms with van der Waals surface area (Å²) in [6.45, 7) is 6.23. The van der Waals surface area contributed by atoms with Gasteiger partial charge in [-0.1, -0.05) is 26.0 Å². The van der Waals surface area contributed by atoms with E-state index in [4.69, 9.17) is 9.16 Å². The van der Waals surface area contributed by atoms with E-state index in [9.17, 15) is 13.2 Å². The first kappa shape index (κ1) is 18.5. The lowest BCUT2D eigenvalue weighted by molar-refractivity contribution is 0.113. The number of rotatable bonds is 8. The van der Waals surface area contributed by atoms with Crippen LogP contribution in [0.5, 0.6) is 5.75 Å². The Hall–Kier alpha value is -1.83. The van der Waals surface area contributed by atoms with Gasteiger partial charge in [-0.25, -0.2) is 13.2 Å². The normalized spacial score (nSPS) is 11.6. The minimum Gasteiger partial charge on any atom is -0.469 e. The molecule has 2 aromatic rings. The van der Waals surface area contributed by atoms with Gasteiger partial charge in [0, 0.05) is 11.6 Å². The molecule has 0 heterocycles. The summed E-state index contributed by atoms with van der Waals surface area (Å²) in [5.41, 5.74) is 0.447. The summed E-state index contributed by atoms with van der Waals surface area (Å²) >= 11 is 0. The molecule has 0 bridgehead atoms. The van der Waals surface area contributed by atoms with Crippen molar-refractivity contribution >= 4 is 9.92 Å². The summed E-state index contributed by atoms with van der Waals surface area (Å²) in [7, 11) is -0.773. The fraction of sp³-hybridized carbons (Fsp3) is 0.294. The number of halogens is 3. The molecule has 130 valence electrons. The van der Waals surface area contributed by atoms with Crippen LogP contribution in [0.4, 0.5) is 13.2 Å². The monoisotopic (exact) mass is 355 g/mol. The minimum absolute atomic E-state index is 0.00522. The van der Waals surface area contributed by atoms with E-state index in [0.29, 0.717) is 17.4 Å². The smallest absolute Gasteiger partial charge is 0.243 e. The third-order valence-electron chi connectivity index (χ3n) is 3.65. The number of benzene rings is 2. The van der Waals surface area contributed by atoms with Crippen LogP contribution in [0.3, 0.4) is 0 Å². The maximum atomic E-state index is 13.7. The Kier molecular flexibility index (Phi) is 6.83. The van der Waals surface area contributed by atoms with Crippen LogP contribution >= 0.6 is 0 Å². The van der Waals surface area contributed by atoms with Crippen molar-refractivity contribution in [1.29, 1.82) is 0 Å². The van der Waals surface area contributed by atoms with E-state index >= 15 is 0 Å². The van der Waals surface area contributed by atoms with Gasteiger partial charge in [-0.05, 0) is 36.9 Å². The van der Waals surface area contributed by atoms with E-state index < -0.39 is 27.4 Å². The molecule has 0 spiro atoms. The van der Waals surface area contributed by atoms with E-state index in [2.05, 4.69) is 18.4 Å². The van der Waals surface area contributed by atoms with Crippen LogP contribution in [0.15, 0.2) is 36.4 Å². The van der Waals surface area contributed by atoms with E-state index in [1.54, 1.807) is 24.3 Å². The maximum Gasteiger partial charge on any atom is 0.243 e. The van der Waals surface area contributed by atoms with E-state index in [1.807, 2.05) is 0 Å². The highest BCUT2D eigenvalue weighted by Crippen LogP contribution is 2.27. The Morgan fingerprint density at radius 2 is 1.54 bits per heavy atom. The van der Waals surface area contributed by atoms with Crippen molar-refractivity contribution in [2.24, 2.45) is 0 Å². The van der Waals surface area contributed by atoms with Gasteiger partial charge >= 0.3 is 0 Å². The van der Waals surface area contributed by atoms with Crippen molar-refractivity contribution < 1.29 is 22.3 Å². The zero-order valence-corrected chi connectivity index (χ0v) is 15.1. The Balaban J connectivity index is 1.95. The maximum absolute atomic E-state index is 13.7. The summed E-state index contributed by atoms with van der Waals surface area (Å²) in [6.07, 6.45) is 0. The molecule has 0 aromatic heterocycles. The molecule has 24 heavy (non-hydrogen) atoms. The lowest BCUT2D eigenvalue weighted by Crippen LogP contribution is -2.30. The van der Waals surface area contributed by atoms with Crippen LogP contribution in [-0.4, -0.2) is 34.4 Å². The number of ether oxygens (including phenoxy) is 1. The van der Waals surface area contributed by atoms with Crippen molar-refractivity contribution in [2.75, 3.05) is 19.9 Å². The van der Waals surface area contributed by atoms with Crippen LogP contribution in [0.1, 0.15) is 13.8 Å². The van der Waals surface area contributed by atoms with Crippen LogP contribution in [0, 0.1) is 17.5 Å². The molecule has 0 atom stereocenters. The van der Waals surface area contributed by atoms with Crippen LogP contribution in [0.25, 0.3) is 11.1 Å². The highest BCUT2D eigenvalue weighted by molar-refractivity contribution is 6.23. The van der Waals surface area contributed by atoms with E-state index in [0.717, 1.165) is 19.2 Å². The Morgan fingerprint density at radius 3 is 2.17 bits per heavy atom. The van der Waals surface area contributed by atoms with Crippen LogP contribution in [0.2, 0.25) is 0 Å². The van der Waals surface area contributed by atoms with Crippen LogP contribution < -0.4 is 4.74 Å². The minimum atomic E-state index is -1.20. The summed E-state index contributed by atoms with van der Waals surface area (Å²) in [5.74, 6) is -2.53. The predicted molar refractivity (Wildman–Crippen MR) is 89.8 cm³/mol. The zero-order valence-electron chi connectivity index (χ0n) is 13.7. The molecule has 2 aromatic carbocycles. The number of hydrogen-bond donors (Lipinski definition) is 0. The molecule has 0 unspecified atom stereocenters. The van der Waals surface area contributed by atoms with Crippen molar-refractivity contribution in [3.63, 3.8) is 0 Å². The van der Waals surface area contributed by atoms with E-state index in [1.165, 1.54) is 0 Å². The first-order valence-electron chi connectivity index (χ1n) is 7.73. The molecule has 0 aliphatic carbocycles. The van der Waals surface area contributed by atoms with Crippen LogP contribution in [-0.2, 0) is 4.43 Å². The Labute approximate surface area is 142 Å². The quantitative estimate of drug-likeness (QED) is 0.313. The molecule has 0 fully saturated rings. The molecule has 3 nitrogen and oxygen atoms in total. The van der Waals surface area contributed by atoms with Crippen molar-refractivity contribution in [1.82, 2.24) is 4.57 Å². The number of hydrogen-bond acceptors (Lipinski definition) is 3. The van der Waals surface area contributed by atoms with Gasteiger partial charge in [-0.3, -0.25) is 0 Å². The third kappa shape index (κ3) is 4.83. The Bertz CT molecular complexity index is 664. The molecule has 0 N–H and O–H groups in total. The fourth-order valence-corrected chi connectivity index (χ4v) is 2.94. The average Bonchev–Trinajstić information content (AvgIpc) is 2.59. The third-order valence-corrected chi connectivity index (χ3v) is 5.26. The molecule has 0 aliphatic rings. The SMILES string of the molecule is CCN(CC)[SiH2]OCOc1ccc(-c2cc(F)c(F)cc2F)cc1. The largest absolute Gasteiger partial charge is 0.469 e. The molecular formula is C17H20F3NO2Si. The average molecular weight is 355 g/mol. The Morgan fingerprint density at radius 1 is 0.917 bits per heavy atom. The molecular weight excluding hydrogens is 335 g/mol. The molecule has 7 heteroatoms. The first-order valence-corrected chi connectivity index (χ1v) is 8.94. The number of nitrogens with zero attached hydrogens (tertiary/aromatic N) is 1. The lowest BCUT2D eigenvalue weighted by atomic mass is 10.0. The lowest BCUT2D eigenvalue weighted by Gasteiger charge is -2.17. The van der Waals surface area contributed by atoms with Gasteiger partial charge in [0.15, 0.2) is 18.4 Å². The van der Waals surface area contributed by atoms with Gasteiger partial charge in [0.05, 0.1) is 0 Å². The van der Waals surface area contributed by atoms with Crippen molar-refractivity contribution in [3.8, 4) is 16.9 Å². The zero-order chi connectivity index (χ0) is 17.5. The highest BCUT2D eigenvalue weighted by Gasteiger charge is 2.11. The molecule has 2 rings (SSSR count). The highest BCUT2D eigenvalue weighted by atomic mass is 28.2. The molecule has 0 radical (unpaired) electrons.